The van der Waals surface area contributed by atoms with Crippen molar-refractivity contribution in [3.05, 3.63) is 0 Å². The van der Waals surface area contributed by atoms with E-state index in [1.54, 1.807) is 0 Å². The average molecular weight is 212 g/mol. The zero-order chi connectivity index (χ0) is 11.1. The first-order valence-electron chi connectivity index (χ1n) is 6.65. The van der Waals surface area contributed by atoms with Gasteiger partial charge in [0, 0.05) is 6.04 Å². The van der Waals surface area contributed by atoms with Crippen molar-refractivity contribution in [3.8, 4) is 0 Å². The third-order valence-electron chi connectivity index (χ3n) is 3.44. The molecule has 0 saturated heterocycles. The van der Waals surface area contributed by atoms with Gasteiger partial charge in [-0.15, -0.1) is 0 Å². The fourth-order valence-corrected chi connectivity index (χ4v) is 2.57. The van der Waals surface area contributed by atoms with E-state index < -0.39 is 0 Å². The largest absolute Gasteiger partial charge is 0.330 e. The van der Waals surface area contributed by atoms with Crippen molar-refractivity contribution in [2.24, 2.45) is 17.6 Å². The summed E-state index contributed by atoms with van der Waals surface area (Å²) in [6.45, 7) is 6.52. The van der Waals surface area contributed by atoms with Crippen LogP contribution in [-0.2, 0) is 0 Å². The Balaban J connectivity index is 2.14. The maximum atomic E-state index is 5.80. The number of hydrogen-bond donors (Lipinski definition) is 2. The van der Waals surface area contributed by atoms with Crippen LogP contribution >= 0.6 is 0 Å². The number of nitrogens with one attached hydrogen (secondary N) is 1. The highest BCUT2D eigenvalue weighted by molar-refractivity contribution is 4.74. The fourth-order valence-electron chi connectivity index (χ4n) is 2.57. The van der Waals surface area contributed by atoms with Crippen molar-refractivity contribution >= 4 is 0 Å². The van der Waals surface area contributed by atoms with Crippen molar-refractivity contribution in [2.75, 3.05) is 13.1 Å². The summed E-state index contributed by atoms with van der Waals surface area (Å²) in [5.41, 5.74) is 5.80. The van der Waals surface area contributed by atoms with Crippen molar-refractivity contribution in [2.45, 2.75) is 58.4 Å². The summed E-state index contributed by atoms with van der Waals surface area (Å²) >= 11 is 0. The van der Waals surface area contributed by atoms with Gasteiger partial charge in [0.1, 0.15) is 0 Å². The predicted octanol–water partition coefficient (Wildman–Crippen LogP) is 2.53. The first kappa shape index (κ1) is 13.0. The summed E-state index contributed by atoms with van der Waals surface area (Å²) < 4.78 is 0. The summed E-state index contributed by atoms with van der Waals surface area (Å²) in [6.07, 6.45) is 8.27. The van der Waals surface area contributed by atoms with Gasteiger partial charge in [-0.3, -0.25) is 0 Å². The minimum atomic E-state index is 0.673. The number of rotatable bonds is 6. The van der Waals surface area contributed by atoms with Gasteiger partial charge in [0.2, 0.25) is 0 Å². The van der Waals surface area contributed by atoms with Gasteiger partial charge in [-0.05, 0) is 44.2 Å². The second-order valence-corrected chi connectivity index (χ2v) is 5.47. The van der Waals surface area contributed by atoms with E-state index in [-0.39, 0.29) is 0 Å². The average Bonchev–Trinajstić information content (AvgIpc) is 2.25. The van der Waals surface area contributed by atoms with E-state index in [0.29, 0.717) is 5.92 Å². The monoisotopic (exact) mass is 212 g/mol. The van der Waals surface area contributed by atoms with Gasteiger partial charge in [0.05, 0.1) is 0 Å². The molecule has 15 heavy (non-hydrogen) atoms. The lowest BCUT2D eigenvalue weighted by Gasteiger charge is -2.26. The van der Waals surface area contributed by atoms with E-state index in [2.05, 4.69) is 19.2 Å². The van der Waals surface area contributed by atoms with Gasteiger partial charge < -0.3 is 11.1 Å². The molecule has 1 aliphatic carbocycles. The molecule has 2 nitrogen and oxygen atoms in total. The Hall–Kier alpha value is -0.0800. The van der Waals surface area contributed by atoms with Crippen LogP contribution < -0.4 is 11.1 Å². The lowest BCUT2D eigenvalue weighted by atomic mass is 9.93. The minimum Gasteiger partial charge on any atom is -0.330 e. The minimum absolute atomic E-state index is 0.673. The van der Waals surface area contributed by atoms with Crippen molar-refractivity contribution in [1.82, 2.24) is 5.32 Å². The van der Waals surface area contributed by atoms with Crippen LogP contribution in [0.5, 0.6) is 0 Å². The molecule has 0 radical (unpaired) electrons. The van der Waals surface area contributed by atoms with Gasteiger partial charge >= 0.3 is 0 Å². The predicted molar refractivity (Wildman–Crippen MR) is 66.9 cm³/mol. The Labute approximate surface area is 95.0 Å². The molecule has 90 valence electrons. The Kier molecular flexibility index (Phi) is 6.26. The standard InChI is InChI=1S/C13H28N2/c1-11(2)8-12(9-14)10-15-13-6-4-3-5-7-13/h11-13,15H,3-10,14H2,1-2H3. The molecule has 1 fully saturated rings. The molecule has 1 unspecified atom stereocenters. The normalized spacial score (nSPS) is 20.8. The molecule has 0 aliphatic heterocycles. The van der Waals surface area contributed by atoms with Crippen molar-refractivity contribution < 1.29 is 0 Å². The number of hydrogen-bond acceptors (Lipinski definition) is 2. The summed E-state index contributed by atoms with van der Waals surface area (Å²) in [5.74, 6) is 1.44. The van der Waals surface area contributed by atoms with Crippen LogP contribution in [0.1, 0.15) is 52.4 Å². The third kappa shape index (κ3) is 5.53. The van der Waals surface area contributed by atoms with E-state index in [0.717, 1.165) is 25.0 Å². The fraction of sp³-hybridized carbons (Fsp3) is 1.00. The third-order valence-corrected chi connectivity index (χ3v) is 3.44. The lowest BCUT2D eigenvalue weighted by Crippen LogP contribution is -2.37. The van der Waals surface area contributed by atoms with E-state index in [4.69, 9.17) is 5.73 Å². The van der Waals surface area contributed by atoms with Gasteiger partial charge in [0.15, 0.2) is 0 Å². The molecular weight excluding hydrogens is 184 g/mol. The molecular formula is C13H28N2. The van der Waals surface area contributed by atoms with Gasteiger partial charge in [-0.25, -0.2) is 0 Å². The zero-order valence-corrected chi connectivity index (χ0v) is 10.5. The maximum absolute atomic E-state index is 5.80. The van der Waals surface area contributed by atoms with Crippen LogP contribution in [0, 0.1) is 11.8 Å². The lowest BCUT2D eigenvalue weighted by molar-refractivity contribution is 0.326. The second kappa shape index (κ2) is 7.24. The molecule has 1 atom stereocenters. The number of nitrogens with two attached hydrogens (primary N) is 1. The Morgan fingerprint density at radius 1 is 1.20 bits per heavy atom. The van der Waals surface area contributed by atoms with Crippen LogP contribution in [-0.4, -0.2) is 19.1 Å². The molecule has 0 spiro atoms. The molecule has 1 rings (SSSR count). The van der Waals surface area contributed by atoms with Gasteiger partial charge in [-0.1, -0.05) is 33.1 Å². The summed E-state index contributed by atoms with van der Waals surface area (Å²) in [5, 5.41) is 3.70. The molecule has 0 aromatic heterocycles. The molecule has 1 saturated carbocycles. The summed E-state index contributed by atoms with van der Waals surface area (Å²) in [6, 6.07) is 0.778. The highest BCUT2D eigenvalue weighted by Gasteiger charge is 2.15. The maximum Gasteiger partial charge on any atom is 0.00671 e. The van der Waals surface area contributed by atoms with Crippen molar-refractivity contribution in [1.29, 1.82) is 0 Å². The molecule has 0 aromatic rings. The molecule has 0 heterocycles. The van der Waals surface area contributed by atoms with Crippen molar-refractivity contribution in [3.63, 3.8) is 0 Å². The quantitative estimate of drug-likeness (QED) is 0.710. The first-order valence-corrected chi connectivity index (χ1v) is 6.65. The van der Waals surface area contributed by atoms with Gasteiger partial charge in [-0.2, -0.15) is 0 Å². The topological polar surface area (TPSA) is 38.0 Å². The molecule has 0 bridgehead atoms. The highest BCUT2D eigenvalue weighted by Crippen LogP contribution is 2.18. The molecule has 0 amide bonds. The van der Waals surface area contributed by atoms with E-state index in [9.17, 15) is 0 Å². The van der Waals surface area contributed by atoms with Crippen LogP contribution in [0.2, 0.25) is 0 Å². The Morgan fingerprint density at radius 3 is 2.40 bits per heavy atom. The van der Waals surface area contributed by atoms with Crippen LogP contribution in [0.25, 0.3) is 0 Å². The van der Waals surface area contributed by atoms with E-state index in [1.165, 1.54) is 38.5 Å². The van der Waals surface area contributed by atoms with Crippen LogP contribution in [0.3, 0.4) is 0 Å². The molecule has 0 aromatic carbocycles. The first-order chi connectivity index (χ1) is 7.22. The summed E-state index contributed by atoms with van der Waals surface area (Å²) in [7, 11) is 0. The SMILES string of the molecule is CC(C)CC(CN)CNC1CCCCC1. The molecule has 3 N–H and O–H groups in total. The molecule has 2 heteroatoms. The Morgan fingerprint density at radius 2 is 1.87 bits per heavy atom. The van der Waals surface area contributed by atoms with Gasteiger partial charge in [0.25, 0.3) is 0 Å². The molecule has 1 aliphatic rings. The smallest absolute Gasteiger partial charge is 0.00671 e. The van der Waals surface area contributed by atoms with Crippen LogP contribution in [0.15, 0.2) is 0 Å². The van der Waals surface area contributed by atoms with Crippen LogP contribution in [0.4, 0.5) is 0 Å². The van der Waals surface area contributed by atoms with E-state index >= 15 is 0 Å². The summed E-state index contributed by atoms with van der Waals surface area (Å²) in [4.78, 5) is 0. The highest BCUT2D eigenvalue weighted by atomic mass is 14.9. The zero-order valence-electron chi connectivity index (χ0n) is 10.5. The second-order valence-electron chi connectivity index (χ2n) is 5.47. The van der Waals surface area contributed by atoms with E-state index in [1.807, 2.05) is 0 Å². The Bertz CT molecular complexity index is 151.